The Kier molecular flexibility index (Phi) is 5.94. The lowest BCUT2D eigenvalue weighted by Gasteiger charge is -2.16. The SMILES string of the molecule is CC(C)Oc1cc(Br)ccc1C(=O)N[C@H](CF)C(=O)O. The summed E-state index contributed by atoms with van der Waals surface area (Å²) in [6.45, 7) is 2.41. The molecule has 0 saturated heterocycles. The van der Waals surface area contributed by atoms with Crippen molar-refractivity contribution >= 4 is 27.8 Å². The molecular formula is C13H15BrFNO4. The van der Waals surface area contributed by atoms with E-state index >= 15 is 0 Å². The lowest BCUT2D eigenvalue weighted by Crippen LogP contribution is -2.42. The summed E-state index contributed by atoms with van der Waals surface area (Å²) in [6, 6.07) is 3.12. The maximum absolute atomic E-state index is 12.5. The number of benzene rings is 1. The second-order valence-corrected chi connectivity index (χ2v) is 5.24. The molecule has 1 aromatic rings. The highest BCUT2D eigenvalue weighted by Gasteiger charge is 2.22. The van der Waals surface area contributed by atoms with Crippen LogP contribution in [-0.4, -0.2) is 35.8 Å². The topological polar surface area (TPSA) is 75.6 Å². The number of halogens is 2. The number of amides is 1. The number of alkyl halides is 1. The summed E-state index contributed by atoms with van der Waals surface area (Å²) in [5, 5.41) is 10.8. The fourth-order valence-corrected chi connectivity index (χ4v) is 1.78. The maximum Gasteiger partial charge on any atom is 0.328 e. The van der Waals surface area contributed by atoms with E-state index in [1.807, 2.05) is 0 Å². The highest BCUT2D eigenvalue weighted by atomic mass is 79.9. The third-order valence-electron chi connectivity index (χ3n) is 2.31. The third-order valence-corrected chi connectivity index (χ3v) is 2.80. The van der Waals surface area contributed by atoms with E-state index in [2.05, 4.69) is 21.2 Å². The van der Waals surface area contributed by atoms with Gasteiger partial charge >= 0.3 is 5.97 Å². The Morgan fingerprint density at radius 2 is 2.10 bits per heavy atom. The molecule has 0 aromatic heterocycles. The summed E-state index contributed by atoms with van der Waals surface area (Å²) >= 11 is 3.26. The van der Waals surface area contributed by atoms with Crippen molar-refractivity contribution in [2.75, 3.05) is 6.67 Å². The van der Waals surface area contributed by atoms with Crippen LogP contribution in [0.4, 0.5) is 4.39 Å². The van der Waals surface area contributed by atoms with Crippen molar-refractivity contribution in [2.24, 2.45) is 0 Å². The second-order valence-electron chi connectivity index (χ2n) is 4.33. The van der Waals surface area contributed by atoms with Gasteiger partial charge in [-0.05, 0) is 32.0 Å². The van der Waals surface area contributed by atoms with Gasteiger partial charge < -0.3 is 15.2 Å². The van der Waals surface area contributed by atoms with Crippen LogP contribution >= 0.6 is 15.9 Å². The molecule has 1 aromatic carbocycles. The monoisotopic (exact) mass is 347 g/mol. The second kappa shape index (κ2) is 7.23. The van der Waals surface area contributed by atoms with Crippen molar-refractivity contribution in [1.29, 1.82) is 0 Å². The Bertz CT molecular complexity index is 507. The predicted octanol–water partition coefficient (Wildman–Crippen LogP) is 2.39. The maximum atomic E-state index is 12.5. The molecule has 0 aliphatic carbocycles. The van der Waals surface area contributed by atoms with Crippen molar-refractivity contribution in [3.8, 4) is 5.75 Å². The zero-order chi connectivity index (χ0) is 15.3. The van der Waals surface area contributed by atoms with Crippen LogP contribution in [0, 0.1) is 0 Å². The first-order valence-corrected chi connectivity index (χ1v) is 6.70. The molecule has 7 heteroatoms. The lowest BCUT2D eigenvalue weighted by molar-refractivity contribution is -0.139. The largest absolute Gasteiger partial charge is 0.490 e. The number of ether oxygens (including phenoxy) is 1. The minimum Gasteiger partial charge on any atom is -0.490 e. The summed E-state index contributed by atoms with van der Waals surface area (Å²) < 4.78 is 18.7. The van der Waals surface area contributed by atoms with Gasteiger partial charge in [0, 0.05) is 4.47 Å². The van der Waals surface area contributed by atoms with Crippen molar-refractivity contribution in [1.82, 2.24) is 5.32 Å². The van der Waals surface area contributed by atoms with Gasteiger partial charge in [-0.2, -0.15) is 0 Å². The number of carboxylic acid groups (broad SMARTS) is 1. The predicted molar refractivity (Wildman–Crippen MR) is 74.8 cm³/mol. The fourth-order valence-electron chi connectivity index (χ4n) is 1.44. The van der Waals surface area contributed by atoms with Gasteiger partial charge in [0.1, 0.15) is 12.4 Å². The number of carbonyl (C=O) groups is 2. The molecule has 0 spiro atoms. The highest BCUT2D eigenvalue weighted by molar-refractivity contribution is 9.10. The van der Waals surface area contributed by atoms with Crippen molar-refractivity contribution in [2.45, 2.75) is 26.0 Å². The number of rotatable bonds is 6. The Morgan fingerprint density at radius 1 is 1.45 bits per heavy atom. The Labute approximate surface area is 124 Å². The minimum absolute atomic E-state index is 0.154. The van der Waals surface area contributed by atoms with Gasteiger partial charge in [0.05, 0.1) is 11.7 Å². The van der Waals surface area contributed by atoms with Gasteiger partial charge in [-0.25, -0.2) is 9.18 Å². The van der Waals surface area contributed by atoms with Crippen LogP contribution in [0.3, 0.4) is 0 Å². The number of hydrogen-bond acceptors (Lipinski definition) is 3. The van der Waals surface area contributed by atoms with Gasteiger partial charge in [-0.3, -0.25) is 4.79 Å². The third kappa shape index (κ3) is 4.48. The molecule has 0 aliphatic heterocycles. The van der Waals surface area contributed by atoms with E-state index in [0.29, 0.717) is 10.2 Å². The zero-order valence-electron chi connectivity index (χ0n) is 11.0. The normalized spacial score (nSPS) is 12.1. The van der Waals surface area contributed by atoms with Crippen LogP contribution in [0.2, 0.25) is 0 Å². The molecule has 0 radical (unpaired) electrons. The van der Waals surface area contributed by atoms with E-state index in [-0.39, 0.29) is 11.7 Å². The average molecular weight is 348 g/mol. The van der Waals surface area contributed by atoms with Crippen LogP contribution in [0.1, 0.15) is 24.2 Å². The van der Waals surface area contributed by atoms with Crippen LogP contribution in [0.5, 0.6) is 5.75 Å². The Balaban J connectivity index is 2.99. The summed E-state index contributed by atoms with van der Waals surface area (Å²) in [5.74, 6) is -1.82. The smallest absolute Gasteiger partial charge is 0.328 e. The molecule has 1 atom stereocenters. The first-order chi connectivity index (χ1) is 9.35. The van der Waals surface area contributed by atoms with E-state index < -0.39 is 24.6 Å². The van der Waals surface area contributed by atoms with Crippen LogP contribution in [0.25, 0.3) is 0 Å². The molecular weight excluding hydrogens is 333 g/mol. The van der Waals surface area contributed by atoms with E-state index in [1.54, 1.807) is 26.0 Å². The molecule has 0 heterocycles. The summed E-state index contributed by atoms with van der Waals surface area (Å²) in [6.07, 6.45) is -0.160. The molecule has 110 valence electrons. The van der Waals surface area contributed by atoms with Crippen molar-refractivity contribution in [3.63, 3.8) is 0 Å². The molecule has 1 rings (SSSR count). The molecule has 2 N–H and O–H groups in total. The molecule has 1 amide bonds. The summed E-state index contributed by atoms with van der Waals surface area (Å²) in [4.78, 5) is 22.7. The highest BCUT2D eigenvalue weighted by Crippen LogP contribution is 2.25. The van der Waals surface area contributed by atoms with Gasteiger partial charge in [0.2, 0.25) is 0 Å². The van der Waals surface area contributed by atoms with Crippen LogP contribution < -0.4 is 10.1 Å². The molecule has 0 saturated carbocycles. The minimum atomic E-state index is -1.57. The number of carbonyl (C=O) groups excluding carboxylic acids is 1. The molecule has 0 fully saturated rings. The number of hydrogen-bond donors (Lipinski definition) is 2. The number of aliphatic carboxylic acids is 1. The first-order valence-electron chi connectivity index (χ1n) is 5.91. The van der Waals surface area contributed by atoms with Gasteiger partial charge in [0.25, 0.3) is 5.91 Å². The summed E-state index contributed by atoms with van der Waals surface area (Å²) in [5.41, 5.74) is 0.154. The first kappa shape index (κ1) is 16.4. The Morgan fingerprint density at radius 3 is 2.60 bits per heavy atom. The van der Waals surface area contributed by atoms with Crippen LogP contribution in [-0.2, 0) is 4.79 Å². The fraction of sp³-hybridized carbons (Fsp3) is 0.385. The number of carboxylic acids is 1. The molecule has 0 bridgehead atoms. The summed E-state index contributed by atoms with van der Waals surface area (Å²) in [7, 11) is 0. The van der Waals surface area contributed by atoms with Gasteiger partial charge in [-0.15, -0.1) is 0 Å². The average Bonchev–Trinajstić information content (AvgIpc) is 2.34. The van der Waals surface area contributed by atoms with Crippen molar-refractivity contribution < 1.29 is 23.8 Å². The molecule has 0 unspecified atom stereocenters. The van der Waals surface area contributed by atoms with E-state index in [9.17, 15) is 14.0 Å². The Hall–Kier alpha value is -1.63. The molecule has 0 aliphatic rings. The van der Waals surface area contributed by atoms with Crippen molar-refractivity contribution in [3.05, 3.63) is 28.2 Å². The van der Waals surface area contributed by atoms with E-state index in [0.717, 1.165) is 0 Å². The standard InChI is InChI=1S/C13H15BrFNO4/c1-7(2)20-11-5-8(14)3-4-9(11)12(17)16-10(6-15)13(18)19/h3-5,7,10H,6H2,1-2H3,(H,16,17)(H,18,19)/t10-/m1/s1. The van der Waals surface area contributed by atoms with Gasteiger partial charge in [0.15, 0.2) is 6.04 Å². The zero-order valence-corrected chi connectivity index (χ0v) is 12.6. The number of nitrogens with one attached hydrogen (secondary N) is 1. The van der Waals surface area contributed by atoms with Crippen LogP contribution in [0.15, 0.2) is 22.7 Å². The van der Waals surface area contributed by atoms with Gasteiger partial charge in [-0.1, -0.05) is 15.9 Å². The van der Waals surface area contributed by atoms with E-state index in [1.165, 1.54) is 6.07 Å². The molecule has 20 heavy (non-hydrogen) atoms. The lowest BCUT2D eigenvalue weighted by atomic mass is 10.1. The van der Waals surface area contributed by atoms with E-state index in [4.69, 9.17) is 9.84 Å². The molecule has 5 nitrogen and oxygen atoms in total. The quantitative estimate of drug-likeness (QED) is 0.828.